The monoisotopic (exact) mass is 323 g/mol. The number of aryl methyl sites for hydroxylation is 1. The third-order valence-electron chi connectivity index (χ3n) is 2.95. The molecule has 0 aliphatic carbocycles. The fourth-order valence-corrected chi connectivity index (χ4v) is 2.11. The molecule has 2 rings (SSSR count). The summed E-state index contributed by atoms with van der Waals surface area (Å²) in [5.41, 5.74) is 2.88. The number of hydrogen-bond donors (Lipinski definition) is 2. The van der Waals surface area contributed by atoms with Crippen LogP contribution in [0.3, 0.4) is 0 Å². The van der Waals surface area contributed by atoms with Crippen molar-refractivity contribution in [2.24, 2.45) is 0 Å². The molecular weight excluding hydrogens is 309 g/mol. The first-order chi connectivity index (χ1) is 9.10. The van der Waals surface area contributed by atoms with Gasteiger partial charge in [0.25, 0.3) is 0 Å². The number of benzene rings is 2. The van der Waals surface area contributed by atoms with E-state index < -0.39 is 0 Å². The van der Waals surface area contributed by atoms with E-state index in [-0.39, 0.29) is 18.5 Å². The van der Waals surface area contributed by atoms with Crippen molar-refractivity contribution in [3.63, 3.8) is 0 Å². The van der Waals surface area contributed by atoms with Crippen LogP contribution < -0.4 is 5.32 Å². The summed E-state index contributed by atoms with van der Waals surface area (Å²) in [6.07, 6.45) is 0. The molecule has 100 valence electrons. The lowest BCUT2D eigenvalue weighted by molar-refractivity contribution is 0.276. The number of rotatable bonds is 4. The van der Waals surface area contributed by atoms with E-state index in [1.54, 1.807) is 12.1 Å². The summed E-state index contributed by atoms with van der Waals surface area (Å²) < 4.78 is 13.9. The number of aliphatic hydroxyl groups excluding tert-OH is 1. The van der Waals surface area contributed by atoms with Gasteiger partial charge in [-0.1, -0.05) is 28.1 Å². The first-order valence-electron chi connectivity index (χ1n) is 5.99. The maximum Gasteiger partial charge on any atom is 0.123 e. The molecule has 0 spiro atoms. The smallest absolute Gasteiger partial charge is 0.123 e. The van der Waals surface area contributed by atoms with E-state index in [0.717, 1.165) is 21.3 Å². The van der Waals surface area contributed by atoms with Gasteiger partial charge in [-0.25, -0.2) is 4.39 Å². The second-order valence-electron chi connectivity index (χ2n) is 4.40. The third-order valence-corrected chi connectivity index (χ3v) is 3.84. The van der Waals surface area contributed by atoms with Gasteiger partial charge in [0.2, 0.25) is 0 Å². The Morgan fingerprint density at radius 1 is 1.21 bits per heavy atom. The predicted octanol–water partition coefficient (Wildman–Crippen LogP) is 4.04. The largest absolute Gasteiger partial charge is 0.394 e. The van der Waals surface area contributed by atoms with Crippen molar-refractivity contribution in [1.29, 1.82) is 0 Å². The average molecular weight is 324 g/mol. The summed E-state index contributed by atoms with van der Waals surface area (Å²) in [5.74, 6) is -0.273. The maximum absolute atomic E-state index is 12.8. The van der Waals surface area contributed by atoms with Crippen molar-refractivity contribution in [3.05, 3.63) is 63.9 Å². The summed E-state index contributed by atoms with van der Waals surface area (Å²) in [4.78, 5) is 0. The molecular formula is C15H15BrFNO. The molecule has 2 aromatic carbocycles. The molecule has 0 heterocycles. The van der Waals surface area contributed by atoms with Crippen LogP contribution in [-0.4, -0.2) is 11.7 Å². The molecule has 19 heavy (non-hydrogen) atoms. The van der Waals surface area contributed by atoms with Crippen LogP contribution in [0.1, 0.15) is 17.2 Å². The van der Waals surface area contributed by atoms with Crippen molar-refractivity contribution in [3.8, 4) is 0 Å². The molecule has 0 aliphatic rings. The van der Waals surface area contributed by atoms with Gasteiger partial charge in [-0.2, -0.15) is 0 Å². The maximum atomic E-state index is 12.8. The Kier molecular flexibility index (Phi) is 4.56. The summed E-state index contributed by atoms with van der Waals surface area (Å²) in [6, 6.07) is 11.8. The van der Waals surface area contributed by atoms with Crippen LogP contribution in [0.25, 0.3) is 0 Å². The van der Waals surface area contributed by atoms with Crippen LogP contribution in [-0.2, 0) is 0 Å². The van der Waals surface area contributed by atoms with Gasteiger partial charge in [0.1, 0.15) is 5.82 Å². The minimum Gasteiger partial charge on any atom is -0.394 e. The standard InChI is InChI=1S/C15H15BrFNO/c1-10-8-11(2-7-14(10)16)15(9-19)18-13-5-3-12(17)4-6-13/h2-8,15,18-19H,9H2,1H3. The van der Waals surface area contributed by atoms with E-state index in [1.807, 2.05) is 25.1 Å². The van der Waals surface area contributed by atoms with E-state index in [2.05, 4.69) is 21.2 Å². The summed E-state index contributed by atoms with van der Waals surface area (Å²) in [7, 11) is 0. The Labute approximate surface area is 120 Å². The number of aliphatic hydroxyl groups is 1. The molecule has 0 saturated heterocycles. The average Bonchev–Trinajstić information content (AvgIpc) is 2.41. The normalized spacial score (nSPS) is 12.2. The van der Waals surface area contributed by atoms with Gasteiger partial charge in [0.05, 0.1) is 12.6 Å². The lowest BCUT2D eigenvalue weighted by Crippen LogP contribution is -2.15. The zero-order valence-corrected chi connectivity index (χ0v) is 12.1. The molecule has 4 heteroatoms. The quantitative estimate of drug-likeness (QED) is 0.889. The second-order valence-corrected chi connectivity index (χ2v) is 5.25. The Morgan fingerprint density at radius 2 is 1.89 bits per heavy atom. The minimum absolute atomic E-state index is 0.0293. The molecule has 0 amide bonds. The van der Waals surface area contributed by atoms with Crippen LogP contribution in [0.2, 0.25) is 0 Å². The predicted molar refractivity (Wildman–Crippen MR) is 78.7 cm³/mol. The Balaban J connectivity index is 2.19. The van der Waals surface area contributed by atoms with Crippen LogP contribution in [0, 0.1) is 12.7 Å². The molecule has 0 saturated carbocycles. The Morgan fingerprint density at radius 3 is 2.47 bits per heavy atom. The second kappa shape index (κ2) is 6.17. The SMILES string of the molecule is Cc1cc(C(CO)Nc2ccc(F)cc2)ccc1Br. The van der Waals surface area contributed by atoms with Crippen molar-refractivity contribution >= 4 is 21.6 Å². The first-order valence-corrected chi connectivity index (χ1v) is 6.78. The lowest BCUT2D eigenvalue weighted by Gasteiger charge is -2.19. The summed E-state index contributed by atoms with van der Waals surface area (Å²) in [6.45, 7) is 1.97. The molecule has 1 unspecified atom stereocenters. The zero-order valence-electron chi connectivity index (χ0n) is 10.5. The molecule has 0 radical (unpaired) electrons. The van der Waals surface area contributed by atoms with E-state index in [1.165, 1.54) is 12.1 Å². The van der Waals surface area contributed by atoms with Crippen molar-refractivity contribution in [1.82, 2.24) is 0 Å². The molecule has 0 aromatic heterocycles. The van der Waals surface area contributed by atoms with Gasteiger partial charge < -0.3 is 10.4 Å². The van der Waals surface area contributed by atoms with Crippen LogP contribution in [0.4, 0.5) is 10.1 Å². The molecule has 1 atom stereocenters. The van der Waals surface area contributed by atoms with Gasteiger partial charge in [-0.15, -0.1) is 0 Å². The lowest BCUT2D eigenvalue weighted by atomic mass is 10.0. The van der Waals surface area contributed by atoms with E-state index >= 15 is 0 Å². The van der Waals surface area contributed by atoms with Crippen LogP contribution in [0.5, 0.6) is 0 Å². The molecule has 0 aliphatic heterocycles. The van der Waals surface area contributed by atoms with Crippen molar-refractivity contribution < 1.29 is 9.50 Å². The topological polar surface area (TPSA) is 32.3 Å². The van der Waals surface area contributed by atoms with Gasteiger partial charge in [0.15, 0.2) is 0 Å². The highest BCUT2D eigenvalue weighted by molar-refractivity contribution is 9.10. The number of anilines is 1. The van der Waals surface area contributed by atoms with Crippen LogP contribution in [0.15, 0.2) is 46.9 Å². The molecule has 2 nitrogen and oxygen atoms in total. The molecule has 0 bridgehead atoms. The minimum atomic E-state index is -0.273. The summed E-state index contributed by atoms with van der Waals surface area (Å²) in [5, 5.41) is 12.7. The van der Waals surface area contributed by atoms with E-state index in [0.29, 0.717) is 0 Å². The van der Waals surface area contributed by atoms with E-state index in [9.17, 15) is 9.50 Å². The zero-order chi connectivity index (χ0) is 13.8. The number of hydrogen-bond acceptors (Lipinski definition) is 2. The van der Waals surface area contributed by atoms with E-state index in [4.69, 9.17) is 0 Å². The summed E-state index contributed by atoms with van der Waals surface area (Å²) >= 11 is 3.45. The molecule has 2 N–H and O–H groups in total. The highest BCUT2D eigenvalue weighted by Gasteiger charge is 2.11. The fraction of sp³-hybridized carbons (Fsp3) is 0.200. The highest BCUT2D eigenvalue weighted by atomic mass is 79.9. The van der Waals surface area contributed by atoms with Gasteiger partial charge in [-0.05, 0) is 48.4 Å². The first kappa shape index (κ1) is 14.0. The Bertz CT molecular complexity index is 557. The van der Waals surface area contributed by atoms with Crippen molar-refractivity contribution in [2.45, 2.75) is 13.0 Å². The fourth-order valence-electron chi connectivity index (χ4n) is 1.87. The van der Waals surface area contributed by atoms with Gasteiger partial charge in [0, 0.05) is 10.2 Å². The number of halogens is 2. The van der Waals surface area contributed by atoms with Gasteiger partial charge in [-0.3, -0.25) is 0 Å². The number of nitrogens with one attached hydrogen (secondary N) is 1. The molecule has 2 aromatic rings. The Hall–Kier alpha value is -1.39. The third kappa shape index (κ3) is 3.55. The van der Waals surface area contributed by atoms with Crippen LogP contribution >= 0.6 is 15.9 Å². The van der Waals surface area contributed by atoms with Gasteiger partial charge >= 0.3 is 0 Å². The highest BCUT2D eigenvalue weighted by Crippen LogP contribution is 2.24. The molecule has 0 fully saturated rings. The van der Waals surface area contributed by atoms with Crippen molar-refractivity contribution in [2.75, 3.05) is 11.9 Å².